The molecule has 1 aromatic carbocycles. The third-order valence-corrected chi connectivity index (χ3v) is 1.65. The number of hydrogen-bond acceptors (Lipinski definition) is 3. The maximum Gasteiger partial charge on any atom is 0.126 e. The quantitative estimate of drug-likeness (QED) is 0.604. The Bertz CT molecular complexity index is 278. The smallest absolute Gasteiger partial charge is 0.126 e. The number of rotatable bonds is 2. The van der Waals surface area contributed by atoms with Crippen molar-refractivity contribution in [2.45, 2.75) is 6.04 Å². The van der Waals surface area contributed by atoms with Crippen molar-refractivity contribution in [2.75, 3.05) is 6.54 Å². The number of phenolic OH excluding ortho intramolecular Hbond substituents is 1. The van der Waals surface area contributed by atoms with E-state index < -0.39 is 11.9 Å². The van der Waals surface area contributed by atoms with Gasteiger partial charge in [0.2, 0.25) is 0 Å². The monoisotopic (exact) mass is 170 g/mol. The molecule has 3 nitrogen and oxygen atoms in total. The van der Waals surface area contributed by atoms with Crippen molar-refractivity contribution in [3.05, 3.63) is 29.6 Å². The van der Waals surface area contributed by atoms with Gasteiger partial charge in [-0.05, 0) is 6.07 Å². The molecule has 0 spiro atoms. The fourth-order valence-corrected chi connectivity index (χ4v) is 0.957. The first-order valence-electron chi connectivity index (χ1n) is 3.59. The molecule has 66 valence electrons. The van der Waals surface area contributed by atoms with Crippen LogP contribution in [0.15, 0.2) is 18.2 Å². The van der Waals surface area contributed by atoms with Gasteiger partial charge in [0.15, 0.2) is 0 Å². The van der Waals surface area contributed by atoms with E-state index in [-0.39, 0.29) is 12.3 Å². The maximum atomic E-state index is 12.5. The third-order valence-electron chi connectivity index (χ3n) is 1.65. The van der Waals surface area contributed by atoms with Crippen molar-refractivity contribution in [3.8, 4) is 5.75 Å². The first-order valence-corrected chi connectivity index (χ1v) is 3.59. The average Bonchev–Trinajstić information content (AvgIpc) is 2.03. The molecule has 1 atom stereocenters. The van der Waals surface area contributed by atoms with E-state index in [0.29, 0.717) is 5.56 Å². The summed E-state index contributed by atoms with van der Waals surface area (Å²) in [5.41, 5.74) is 11.3. The molecule has 1 rings (SSSR count). The van der Waals surface area contributed by atoms with Gasteiger partial charge in [0.25, 0.3) is 0 Å². The van der Waals surface area contributed by atoms with Crippen molar-refractivity contribution in [1.29, 1.82) is 0 Å². The second kappa shape index (κ2) is 3.51. The van der Waals surface area contributed by atoms with Crippen LogP contribution in [0.1, 0.15) is 11.6 Å². The Labute approximate surface area is 69.8 Å². The van der Waals surface area contributed by atoms with Gasteiger partial charge in [0.05, 0.1) is 0 Å². The van der Waals surface area contributed by atoms with Crippen LogP contribution in [-0.4, -0.2) is 11.7 Å². The zero-order valence-corrected chi connectivity index (χ0v) is 6.50. The molecule has 0 unspecified atom stereocenters. The summed E-state index contributed by atoms with van der Waals surface area (Å²) in [6.07, 6.45) is 0. The van der Waals surface area contributed by atoms with E-state index >= 15 is 0 Å². The molecule has 0 aliphatic carbocycles. The molecular weight excluding hydrogens is 159 g/mol. The maximum absolute atomic E-state index is 12.5. The number of benzene rings is 1. The van der Waals surface area contributed by atoms with Gasteiger partial charge < -0.3 is 16.6 Å². The molecule has 0 fully saturated rings. The molecular formula is C8H11FN2O. The van der Waals surface area contributed by atoms with Gasteiger partial charge in [-0.15, -0.1) is 0 Å². The van der Waals surface area contributed by atoms with Crippen LogP contribution in [-0.2, 0) is 0 Å². The standard InChI is InChI=1S/C8H11FN2O/c9-5-1-2-6(7(11)4-10)8(12)3-5/h1-3,7,12H,4,10-11H2/t7-/m0/s1. The lowest BCUT2D eigenvalue weighted by Gasteiger charge is -2.10. The van der Waals surface area contributed by atoms with Crippen LogP contribution in [0.4, 0.5) is 4.39 Å². The summed E-state index contributed by atoms with van der Waals surface area (Å²) in [7, 11) is 0. The lowest BCUT2D eigenvalue weighted by Crippen LogP contribution is -2.20. The Balaban J connectivity index is 3.01. The second-order valence-corrected chi connectivity index (χ2v) is 2.55. The van der Waals surface area contributed by atoms with E-state index in [0.717, 1.165) is 6.07 Å². The number of phenols is 1. The Kier molecular flexibility index (Phi) is 2.62. The number of nitrogens with two attached hydrogens (primary N) is 2. The highest BCUT2D eigenvalue weighted by molar-refractivity contribution is 5.35. The van der Waals surface area contributed by atoms with Crippen LogP contribution < -0.4 is 11.5 Å². The summed E-state index contributed by atoms with van der Waals surface area (Å²) in [4.78, 5) is 0. The molecule has 0 aromatic heterocycles. The lowest BCUT2D eigenvalue weighted by molar-refractivity contribution is 0.456. The van der Waals surface area contributed by atoms with Crippen LogP contribution in [0.25, 0.3) is 0 Å². The molecule has 0 radical (unpaired) electrons. The zero-order valence-electron chi connectivity index (χ0n) is 6.50. The van der Waals surface area contributed by atoms with Crippen LogP contribution in [0.3, 0.4) is 0 Å². The number of halogens is 1. The van der Waals surface area contributed by atoms with E-state index in [9.17, 15) is 9.50 Å². The first-order chi connectivity index (χ1) is 5.65. The van der Waals surface area contributed by atoms with Gasteiger partial charge in [-0.3, -0.25) is 0 Å². The molecule has 1 aromatic rings. The summed E-state index contributed by atoms with van der Waals surface area (Å²) in [5, 5.41) is 9.22. The Morgan fingerprint density at radius 3 is 2.67 bits per heavy atom. The SMILES string of the molecule is NC[C@H](N)c1ccc(F)cc1O. The molecule has 0 aliphatic rings. The normalized spacial score (nSPS) is 12.9. The zero-order chi connectivity index (χ0) is 9.14. The minimum atomic E-state index is -0.486. The molecule has 0 aliphatic heterocycles. The van der Waals surface area contributed by atoms with E-state index in [1.165, 1.54) is 12.1 Å². The Morgan fingerprint density at radius 1 is 1.50 bits per heavy atom. The van der Waals surface area contributed by atoms with E-state index in [2.05, 4.69) is 0 Å². The summed E-state index contributed by atoms with van der Waals surface area (Å²) >= 11 is 0. The van der Waals surface area contributed by atoms with Gasteiger partial charge in [-0.2, -0.15) is 0 Å². The Hall–Kier alpha value is -1.13. The minimum Gasteiger partial charge on any atom is -0.508 e. The van der Waals surface area contributed by atoms with Gasteiger partial charge >= 0.3 is 0 Å². The van der Waals surface area contributed by atoms with Gasteiger partial charge in [0.1, 0.15) is 11.6 Å². The van der Waals surface area contributed by atoms with Crippen molar-refractivity contribution in [2.24, 2.45) is 11.5 Å². The molecule has 0 saturated heterocycles. The van der Waals surface area contributed by atoms with Crippen LogP contribution in [0.5, 0.6) is 5.75 Å². The highest BCUT2D eigenvalue weighted by Gasteiger charge is 2.08. The minimum absolute atomic E-state index is 0.145. The molecule has 0 heterocycles. The summed E-state index contributed by atoms with van der Waals surface area (Å²) in [6.45, 7) is 0.221. The fourth-order valence-electron chi connectivity index (χ4n) is 0.957. The summed E-state index contributed by atoms with van der Waals surface area (Å²) in [6, 6.07) is 3.25. The topological polar surface area (TPSA) is 72.3 Å². The third kappa shape index (κ3) is 1.72. The fraction of sp³-hybridized carbons (Fsp3) is 0.250. The Morgan fingerprint density at radius 2 is 2.17 bits per heavy atom. The highest BCUT2D eigenvalue weighted by Crippen LogP contribution is 2.22. The average molecular weight is 170 g/mol. The lowest BCUT2D eigenvalue weighted by atomic mass is 10.1. The number of aromatic hydroxyl groups is 1. The largest absolute Gasteiger partial charge is 0.508 e. The summed E-state index contributed by atoms with van der Waals surface area (Å²) < 4.78 is 12.5. The van der Waals surface area contributed by atoms with Crippen LogP contribution in [0, 0.1) is 5.82 Å². The van der Waals surface area contributed by atoms with Gasteiger partial charge in [-0.25, -0.2) is 4.39 Å². The van der Waals surface area contributed by atoms with Crippen molar-refractivity contribution in [1.82, 2.24) is 0 Å². The van der Waals surface area contributed by atoms with Crippen molar-refractivity contribution in [3.63, 3.8) is 0 Å². The van der Waals surface area contributed by atoms with Gasteiger partial charge in [0, 0.05) is 24.2 Å². The predicted octanol–water partition coefficient (Wildman–Crippen LogP) is 0.490. The molecule has 5 N–H and O–H groups in total. The summed E-state index contributed by atoms with van der Waals surface area (Å²) in [5.74, 6) is -0.631. The van der Waals surface area contributed by atoms with E-state index in [4.69, 9.17) is 11.5 Å². The molecule has 4 heteroatoms. The van der Waals surface area contributed by atoms with Crippen LogP contribution >= 0.6 is 0 Å². The molecule has 0 saturated carbocycles. The van der Waals surface area contributed by atoms with E-state index in [1.54, 1.807) is 0 Å². The van der Waals surface area contributed by atoms with Gasteiger partial charge in [-0.1, -0.05) is 6.07 Å². The number of hydrogen-bond donors (Lipinski definition) is 3. The van der Waals surface area contributed by atoms with E-state index in [1.807, 2.05) is 0 Å². The highest BCUT2D eigenvalue weighted by atomic mass is 19.1. The van der Waals surface area contributed by atoms with Crippen LogP contribution in [0.2, 0.25) is 0 Å². The van der Waals surface area contributed by atoms with Crippen molar-refractivity contribution >= 4 is 0 Å². The van der Waals surface area contributed by atoms with Crippen molar-refractivity contribution < 1.29 is 9.50 Å². The first kappa shape index (κ1) is 8.96. The molecule has 12 heavy (non-hydrogen) atoms. The molecule has 0 bridgehead atoms. The molecule has 0 amide bonds. The second-order valence-electron chi connectivity index (χ2n) is 2.55. The predicted molar refractivity (Wildman–Crippen MR) is 44.0 cm³/mol.